The molecule has 1 rings (SSSR count). The molecule has 2 N–H and O–H groups in total. The summed E-state index contributed by atoms with van der Waals surface area (Å²) < 4.78 is 14.0. The van der Waals surface area contributed by atoms with E-state index < -0.39 is 5.54 Å². The van der Waals surface area contributed by atoms with Crippen molar-refractivity contribution < 1.29 is 4.39 Å². The van der Waals surface area contributed by atoms with Crippen molar-refractivity contribution >= 4 is 0 Å². The molecule has 0 amide bonds. The maximum Gasteiger partial charge on any atom is 0.128 e. The van der Waals surface area contributed by atoms with Crippen LogP contribution in [0.3, 0.4) is 0 Å². The van der Waals surface area contributed by atoms with Gasteiger partial charge in [-0.15, -0.1) is 6.58 Å². The Kier molecular flexibility index (Phi) is 5.05. The topological polar surface area (TPSA) is 29.3 Å². The molecule has 0 saturated heterocycles. The summed E-state index contributed by atoms with van der Waals surface area (Å²) in [6.45, 7) is 5.82. The number of halogens is 1. The molecule has 1 aromatic carbocycles. The Morgan fingerprint density at radius 1 is 1.44 bits per heavy atom. The Balaban J connectivity index is 3.30. The summed E-state index contributed by atoms with van der Waals surface area (Å²) in [5.74, 6) is -0.248. The monoisotopic (exact) mass is 250 g/mol. The largest absolute Gasteiger partial charge is 0.320 e. The van der Waals surface area contributed by atoms with Gasteiger partial charge in [0.05, 0.1) is 5.54 Å². The van der Waals surface area contributed by atoms with Crippen molar-refractivity contribution in [2.24, 2.45) is 5.73 Å². The highest BCUT2D eigenvalue weighted by atomic mass is 19.1. The SMILES string of the molecule is C=CCC(N)(c1ccccc1F)C(CC)N(C)C. The van der Waals surface area contributed by atoms with Gasteiger partial charge in [-0.05, 0) is 33.0 Å². The maximum absolute atomic E-state index is 14.0. The molecular weight excluding hydrogens is 227 g/mol. The molecule has 0 aromatic heterocycles. The fourth-order valence-electron chi connectivity index (χ4n) is 2.69. The molecule has 0 fully saturated rings. The van der Waals surface area contributed by atoms with E-state index in [1.165, 1.54) is 6.07 Å². The molecule has 2 nitrogen and oxygen atoms in total. The molecule has 0 aliphatic carbocycles. The number of nitrogens with two attached hydrogens (primary N) is 1. The van der Waals surface area contributed by atoms with Crippen LogP contribution in [0.2, 0.25) is 0 Å². The lowest BCUT2D eigenvalue weighted by molar-refractivity contribution is 0.167. The normalized spacial score (nSPS) is 16.3. The molecule has 0 spiro atoms. The van der Waals surface area contributed by atoms with E-state index in [-0.39, 0.29) is 11.9 Å². The Morgan fingerprint density at radius 2 is 2.06 bits per heavy atom. The third-order valence-corrected chi connectivity index (χ3v) is 3.46. The summed E-state index contributed by atoms with van der Waals surface area (Å²) in [7, 11) is 3.94. The minimum absolute atomic E-state index is 0.0624. The molecule has 2 unspecified atom stereocenters. The minimum Gasteiger partial charge on any atom is -0.320 e. The van der Waals surface area contributed by atoms with Crippen LogP contribution in [0, 0.1) is 5.82 Å². The van der Waals surface area contributed by atoms with Gasteiger partial charge in [-0.1, -0.05) is 31.2 Å². The molecule has 2 atom stereocenters. The van der Waals surface area contributed by atoms with Gasteiger partial charge >= 0.3 is 0 Å². The van der Waals surface area contributed by atoms with Gasteiger partial charge in [0.1, 0.15) is 5.82 Å². The first-order valence-corrected chi connectivity index (χ1v) is 6.28. The van der Waals surface area contributed by atoms with Gasteiger partial charge in [0.2, 0.25) is 0 Å². The zero-order valence-corrected chi connectivity index (χ0v) is 11.5. The Hall–Kier alpha value is -1.19. The van der Waals surface area contributed by atoms with Crippen LogP contribution in [-0.4, -0.2) is 25.0 Å². The third kappa shape index (κ3) is 2.79. The van der Waals surface area contributed by atoms with Crippen LogP contribution < -0.4 is 5.73 Å². The van der Waals surface area contributed by atoms with Crippen molar-refractivity contribution in [2.75, 3.05) is 14.1 Å². The van der Waals surface area contributed by atoms with Gasteiger partial charge in [0.15, 0.2) is 0 Å². The van der Waals surface area contributed by atoms with E-state index in [0.29, 0.717) is 12.0 Å². The summed E-state index contributed by atoms with van der Waals surface area (Å²) >= 11 is 0. The van der Waals surface area contributed by atoms with Crippen LogP contribution >= 0.6 is 0 Å². The zero-order chi connectivity index (χ0) is 13.8. The predicted octanol–water partition coefficient (Wildman–Crippen LogP) is 2.90. The Labute approximate surface area is 109 Å². The lowest BCUT2D eigenvalue weighted by Crippen LogP contribution is -2.54. The fraction of sp³-hybridized carbons (Fsp3) is 0.467. The van der Waals surface area contributed by atoms with E-state index in [0.717, 1.165) is 6.42 Å². The molecule has 0 heterocycles. The van der Waals surface area contributed by atoms with Gasteiger partial charge < -0.3 is 10.6 Å². The molecule has 18 heavy (non-hydrogen) atoms. The van der Waals surface area contributed by atoms with Crippen molar-refractivity contribution in [3.05, 3.63) is 48.3 Å². The molecule has 0 bridgehead atoms. The summed E-state index contributed by atoms with van der Waals surface area (Å²) in [5, 5.41) is 0. The fourth-order valence-corrected chi connectivity index (χ4v) is 2.69. The maximum atomic E-state index is 14.0. The van der Waals surface area contributed by atoms with Gasteiger partial charge in [-0.3, -0.25) is 0 Å². The van der Waals surface area contributed by atoms with Crippen molar-refractivity contribution in [3.63, 3.8) is 0 Å². The summed E-state index contributed by atoms with van der Waals surface area (Å²) in [6.07, 6.45) is 3.16. The van der Waals surface area contributed by atoms with Gasteiger partial charge in [-0.25, -0.2) is 4.39 Å². The first-order chi connectivity index (χ1) is 8.47. The van der Waals surface area contributed by atoms with E-state index in [4.69, 9.17) is 5.73 Å². The number of rotatable bonds is 6. The van der Waals surface area contributed by atoms with Crippen LogP contribution in [0.1, 0.15) is 25.3 Å². The van der Waals surface area contributed by atoms with Crippen LogP contribution in [0.4, 0.5) is 4.39 Å². The van der Waals surface area contributed by atoms with Crippen molar-refractivity contribution in [3.8, 4) is 0 Å². The first kappa shape index (κ1) is 14.9. The quantitative estimate of drug-likeness (QED) is 0.787. The Morgan fingerprint density at radius 3 is 2.50 bits per heavy atom. The van der Waals surface area contributed by atoms with Gasteiger partial charge in [-0.2, -0.15) is 0 Å². The zero-order valence-electron chi connectivity index (χ0n) is 11.5. The van der Waals surface area contributed by atoms with Crippen LogP contribution in [0.15, 0.2) is 36.9 Å². The van der Waals surface area contributed by atoms with E-state index in [1.807, 2.05) is 20.2 Å². The summed E-state index contributed by atoms with van der Waals surface area (Å²) in [4.78, 5) is 2.05. The second-order valence-electron chi connectivity index (χ2n) is 4.90. The third-order valence-electron chi connectivity index (χ3n) is 3.46. The second kappa shape index (κ2) is 6.12. The van der Waals surface area contributed by atoms with E-state index in [9.17, 15) is 4.39 Å². The highest BCUT2D eigenvalue weighted by Crippen LogP contribution is 2.32. The number of benzene rings is 1. The van der Waals surface area contributed by atoms with Crippen LogP contribution in [0.25, 0.3) is 0 Å². The molecule has 0 radical (unpaired) electrons. The molecule has 0 aliphatic heterocycles. The molecule has 0 aliphatic rings. The first-order valence-electron chi connectivity index (χ1n) is 6.28. The minimum atomic E-state index is -0.745. The number of nitrogens with zero attached hydrogens (tertiary/aromatic N) is 1. The second-order valence-corrected chi connectivity index (χ2v) is 4.90. The summed E-state index contributed by atoms with van der Waals surface area (Å²) in [5.41, 5.74) is 6.35. The average molecular weight is 250 g/mol. The van der Waals surface area contributed by atoms with E-state index >= 15 is 0 Å². The summed E-state index contributed by atoms with van der Waals surface area (Å²) in [6, 6.07) is 6.80. The van der Waals surface area contributed by atoms with Crippen molar-refractivity contribution in [1.82, 2.24) is 4.90 Å². The Bertz CT molecular complexity index is 403. The highest BCUT2D eigenvalue weighted by Gasteiger charge is 2.37. The average Bonchev–Trinajstić information content (AvgIpc) is 2.30. The lowest BCUT2D eigenvalue weighted by Gasteiger charge is -2.41. The number of likely N-dealkylation sites (N-methyl/N-ethyl adjacent to an activating group) is 1. The predicted molar refractivity (Wildman–Crippen MR) is 74.8 cm³/mol. The lowest BCUT2D eigenvalue weighted by atomic mass is 9.78. The standard InChI is InChI=1S/C15H23FN2/c1-5-11-15(17,14(6-2)18(3)4)12-9-7-8-10-13(12)16/h5,7-10,14H,1,6,11,17H2,2-4H3. The smallest absolute Gasteiger partial charge is 0.128 e. The molecular formula is C15H23FN2. The van der Waals surface area contributed by atoms with Crippen molar-refractivity contribution in [1.29, 1.82) is 0 Å². The molecule has 1 aromatic rings. The van der Waals surface area contributed by atoms with E-state index in [2.05, 4.69) is 18.4 Å². The van der Waals surface area contributed by atoms with Gasteiger partial charge in [0.25, 0.3) is 0 Å². The molecule has 100 valence electrons. The van der Waals surface area contributed by atoms with Crippen LogP contribution in [0.5, 0.6) is 0 Å². The van der Waals surface area contributed by atoms with Gasteiger partial charge in [0, 0.05) is 11.6 Å². The van der Waals surface area contributed by atoms with Crippen molar-refractivity contribution in [2.45, 2.75) is 31.3 Å². The number of hydrogen-bond acceptors (Lipinski definition) is 2. The number of hydrogen-bond donors (Lipinski definition) is 1. The molecule has 3 heteroatoms. The highest BCUT2D eigenvalue weighted by molar-refractivity contribution is 5.29. The molecule has 0 saturated carbocycles. The van der Waals surface area contributed by atoms with E-state index in [1.54, 1.807) is 18.2 Å². The van der Waals surface area contributed by atoms with Crippen LogP contribution in [-0.2, 0) is 5.54 Å².